The van der Waals surface area contributed by atoms with E-state index in [9.17, 15) is 22.8 Å². The van der Waals surface area contributed by atoms with E-state index in [4.69, 9.17) is 4.98 Å². The molecule has 1 saturated heterocycles. The lowest BCUT2D eigenvalue weighted by Crippen LogP contribution is -2.40. The van der Waals surface area contributed by atoms with Crippen LogP contribution >= 0.6 is 11.3 Å². The lowest BCUT2D eigenvalue weighted by atomic mass is 9.80. The van der Waals surface area contributed by atoms with Crippen molar-refractivity contribution in [1.29, 1.82) is 0 Å². The molecule has 2 amide bonds. The van der Waals surface area contributed by atoms with E-state index in [-0.39, 0.29) is 30.3 Å². The predicted molar refractivity (Wildman–Crippen MR) is 141 cm³/mol. The summed E-state index contributed by atoms with van der Waals surface area (Å²) >= 11 is 1.47. The van der Waals surface area contributed by atoms with Crippen LogP contribution in [0.15, 0.2) is 35.7 Å². The topological polar surface area (TPSA) is 71.3 Å². The fourth-order valence-electron chi connectivity index (χ4n) is 5.78. The number of carbonyl (C=O) groups excluding carboxylic acids is 2. The SMILES string of the molecule is Cc1cc(C(F)(F)F)nn1CC(=O)N1CCC(c2nc(C(=O)N(C)C3c4ccccc4CCC3C)cs2)CC1. The number of piperidine rings is 1. The Bertz CT molecular complexity index is 1360. The van der Waals surface area contributed by atoms with E-state index in [0.29, 0.717) is 43.2 Å². The van der Waals surface area contributed by atoms with Crippen LogP contribution in [0.25, 0.3) is 0 Å². The van der Waals surface area contributed by atoms with Gasteiger partial charge in [0.15, 0.2) is 5.69 Å². The molecule has 2 atom stereocenters. The molecule has 0 radical (unpaired) electrons. The third-order valence-corrected chi connectivity index (χ3v) is 9.02. The molecule has 0 saturated carbocycles. The molecule has 3 heterocycles. The van der Waals surface area contributed by atoms with Crippen molar-refractivity contribution >= 4 is 23.2 Å². The monoisotopic (exact) mass is 559 g/mol. The maximum absolute atomic E-state index is 13.4. The maximum atomic E-state index is 13.4. The van der Waals surface area contributed by atoms with Crippen LogP contribution in [0.1, 0.15) is 76.2 Å². The number of benzene rings is 1. The average molecular weight is 560 g/mol. The molecule has 1 aliphatic carbocycles. The molecular weight excluding hydrogens is 527 g/mol. The summed E-state index contributed by atoms with van der Waals surface area (Å²) in [5.74, 6) is 0.126. The molecule has 208 valence electrons. The van der Waals surface area contributed by atoms with Crippen LogP contribution in [-0.2, 0) is 23.9 Å². The number of amides is 2. The van der Waals surface area contributed by atoms with Gasteiger partial charge >= 0.3 is 6.18 Å². The minimum absolute atomic E-state index is 0.00693. The van der Waals surface area contributed by atoms with E-state index in [0.717, 1.165) is 28.6 Å². The van der Waals surface area contributed by atoms with Gasteiger partial charge in [0.2, 0.25) is 5.91 Å². The molecule has 3 aromatic rings. The largest absolute Gasteiger partial charge is 0.435 e. The van der Waals surface area contributed by atoms with Crippen LogP contribution in [0.2, 0.25) is 0 Å². The van der Waals surface area contributed by atoms with Gasteiger partial charge in [-0.2, -0.15) is 18.3 Å². The van der Waals surface area contributed by atoms with E-state index >= 15 is 0 Å². The van der Waals surface area contributed by atoms with Crippen LogP contribution in [0, 0.1) is 12.8 Å². The zero-order valence-corrected chi connectivity index (χ0v) is 23.1. The molecule has 39 heavy (non-hydrogen) atoms. The average Bonchev–Trinajstić information content (AvgIpc) is 3.55. The summed E-state index contributed by atoms with van der Waals surface area (Å²) < 4.78 is 39.9. The third-order valence-electron chi connectivity index (χ3n) is 8.01. The number of likely N-dealkylation sites (tertiary alicyclic amines) is 1. The zero-order valence-electron chi connectivity index (χ0n) is 22.2. The zero-order chi connectivity index (χ0) is 27.9. The Labute approximate surface area is 229 Å². The lowest BCUT2D eigenvalue weighted by molar-refractivity contribution is -0.142. The van der Waals surface area contributed by atoms with Crippen LogP contribution in [0.5, 0.6) is 0 Å². The Morgan fingerprint density at radius 2 is 1.87 bits per heavy atom. The second-order valence-corrected chi connectivity index (χ2v) is 11.5. The van der Waals surface area contributed by atoms with E-state index in [1.54, 1.807) is 4.90 Å². The number of nitrogens with zero attached hydrogens (tertiary/aromatic N) is 5. The number of hydrogen-bond donors (Lipinski definition) is 0. The fourth-order valence-corrected chi connectivity index (χ4v) is 6.75. The number of alkyl halides is 3. The Morgan fingerprint density at radius 1 is 1.15 bits per heavy atom. The normalized spacial score (nSPS) is 20.1. The number of aryl methyl sites for hydroxylation is 2. The van der Waals surface area contributed by atoms with Crippen LogP contribution in [0.3, 0.4) is 0 Å². The summed E-state index contributed by atoms with van der Waals surface area (Å²) in [6, 6.07) is 9.28. The highest BCUT2D eigenvalue weighted by Crippen LogP contribution is 2.39. The van der Waals surface area contributed by atoms with Crippen LogP contribution in [0.4, 0.5) is 13.2 Å². The highest BCUT2D eigenvalue weighted by molar-refractivity contribution is 7.09. The number of fused-ring (bicyclic) bond motifs is 1. The molecule has 2 aromatic heterocycles. The molecule has 0 bridgehead atoms. The van der Waals surface area contributed by atoms with Crippen molar-refractivity contribution in [3.8, 4) is 0 Å². The highest BCUT2D eigenvalue weighted by atomic mass is 32.1. The number of hydrogen-bond acceptors (Lipinski definition) is 5. The standard InChI is InChI=1S/C28H32F3N5O2S/c1-17-8-9-19-6-4-5-7-21(19)25(17)34(3)27(38)22-16-39-26(32-22)20-10-12-35(13-11-20)24(37)15-36-18(2)14-23(33-36)28(29,30)31/h4-7,14,16-17,20,25H,8-13,15H2,1-3H3. The quantitative estimate of drug-likeness (QED) is 0.416. The van der Waals surface area contributed by atoms with Gasteiger partial charge in [-0.15, -0.1) is 11.3 Å². The molecule has 2 unspecified atom stereocenters. The van der Waals surface area contributed by atoms with E-state index in [1.165, 1.54) is 29.4 Å². The summed E-state index contributed by atoms with van der Waals surface area (Å²) in [4.78, 5) is 34.4. The van der Waals surface area contributed by atoms with E-state index in [2.05, 4.69) is 24.2 Å². The first-order valence-corrected chi connectivity index (χ1v) is 14.1. The number of rotatable bonds is 5. The first-order chi connectivity index (χ1) is 18.5. The number of carbonyl (C=O) groups is 2. The first-order valence-electron chi connectivity index (χ1n) is 13.2. The molecule has 1 aromatic carbocycles. The smallest absolute Gasteiger partial charge is 0.341 e. The Kier molecular flexibility index (Phi) is 7.54. The highest BCUT2D eigenvalue weighted by Gasteiger charge is 2.36. The molecule has 0 N–H and O–H groups in total. The number of halogens is 3. The van der Waals surface area contributed by atoms with Gasteiger partial charge in [-0.1, -0.05) is 31.2 Å². The van der Waals surface area contributed by atoms with Gasteiger partial charge in [0.05, 0.1) is 11.0 Å². The second-order valence-electron chi connectivity index (χ2n) is 10.6. The van der Waals surface area contributed by atoms with Gasteiger partial charge in [-0.05, 0) is 55.7 Å². The predicted octanol–water partition coefficient (Wildman–Crippen LogP) is 5.47. The number of aromatic nitrogens is 3. The molecule has 2 aliphatic rings. The summed E-state index contributed by atoms with van der Waals surface area (Å²) in [5, 5.41) is 6.27. The second kappa shape index (κ2) is 10.7. The fraction of sp³-hybridized carbons (Fsp3) is 0.500. The van der Waals surface area contributed by atoms with Crippen LogP contribution < -0.4 is 0 Å². The summed E-state index contributed by atoms with van der Waals surface area (Å²) in [5.41, 5.74) is 2.25. The minimum atomic E-state index is -4.54. The summed E-state index contributed by atoms with van der Waals surface area (Å²) in [7, 11) is 1.85. The van der Waals surface area contributed by atoms with Crippen molar-refractivity contribution in [2.24, 2.45) is 5.92 Å². The van der Waals surface area contributed by atoms with E-state index in [1.807, 2.05) is 29.5 Å². The Morgan fingerprint density at radius 3 is 2.56 bits per heavy atom. The van der Waals surface area contributed by atoms with Gasteiger partial charge in [0.25, 0.3) is 5.91 Å². The third kappa shape index (κ3) is 5.59. The lowest BCUT2D eigenvalue weighted by Gasteiger charge is -2.37. The summed E-state index contributed by atoms with van der Waals surface area (Å²) in [6.07, 6.45) is -1.13. The minimum Gasteiger partial charge on any atom is -0.341 e. The molecule has 0 spiro atoms. The van der Waals surface area contributed by atoms with Gasteiger partial charge in [0.1, 0.15) is 12.2 Å². The molecule has 1 fully saturated rings. The van der Waals surface area contributed by atoms with Crippen molar-refractivity contribution in [2.75, 3.05) is 20.1 Å². The van der Waals surface area contributed by atoms with Crippen molar-refractivity contribution < 1.29 is 22.8 Å². The Balaban J connectivity index is 1.19. The molecule has 7 nitrogen and oxygen atoms in total. The van der Waals surface area contributed by atoms with Gasteiger partial charge < -0.3 is 9.80 Å². The van der Waals surface area contributed by atoms with Crippen molar-refractivity contribution in [3.05, 3.63) is 68.9 Å². The first kappa shape index (κ1) is 27.4. The molecular formula is C28H32F3N5O2S. The van der Waals surface area contributed by atoms with Crippen molar-refractivity contribution in [1.82, 2.24) is 24.6 Å². The maximum Gasteiger partial charge on any atom is 0.435 e. The molecule has 11 heteroatoms. The van der Waals surface area contributed by atoms with Gasteiger partial charge in [0, 0.05) is 37.1 Å². The van der Waals surface area contributed by atoms with E-state index < -0.39 is 11.9 Å². The summed E-state index contributed by atoms with van der Waals surface area (Å²) in [6.45, 7) is 4.44. The Hall–Kier alpha value is -3.21. The van der Waals surface area contributed by atoms with Gasteiger partial charge in [-0.3, -0.25) is 14.3 Å². The van der Waals surface area contributed by atoms with Crippen LogP contribution in [-0.4, -0.2) is 56.5 Å². The molecule has 1 aliphatic heterocycles. The molecule has 5 rings (SSSR count). The number of thiazole rings is 1. The van der Waals surface area contributed by atoms with Crippen molar-refractivity contribution in [3.63, 3.8) is 0 Å². The van der Waals surface area contributed by atoms with Crippen molar-refractivity contribution in [2.45, 2.75) is 64.2 Å². The van der Waals surface area contributed by atoms with Gasteiger partial charge in [-0.25, -0.2) is 4.98 Å².